The molecule has 1 aliphatic rings. The number of rotatable bonds is 8. The van der Waals surface area contributed by atoms with E-state index in [1.165, 1.54) is 31.4 Å². The fourth-order valence-electron chi connectivity index (χ4n) is 3.05. The second kappa shape index (κ2) is 9.62. The van der Waals surface area contributed by atoms with Crippen LogP contribution in [0.4, 0.5) is 5.69 Å². The molecule has 1 aromatic carbocycles. The number of nitrogens with zero attached hydrogens (tertiary/aromatic N) is 1. The van der Waals surface area contributed by atoms with E-state index in [2.05, 4.69) is 15.4 Å². The van der Waals surface area contributed by atoms with Gasteiger partial charge in [-0.25, -0.2) is 4.79 Å². The number of benzene rings is 1. The molecule has 0 aromatic heterocycles. The van der Waals surface area contributed by atoms with Crippen molar-refractivity contribution in [1.82, 2.24) is 10.6 Å². The van der Waals surface area contributed by atoms with Crippen LogP contribution < -0.4 is 10.6 Å². The van der Waals surface area contributed by atoms with Gasteiger partial charge in [-0.05, 0) is 12.0 Å². The van der Waals surface area contributed by atoms with Gasteiger partial charge in [-0.3, -0.25) is 24.5 Å². The molecular formula is C18H21N3O8. The Labute approximate surface area is 165 Å². The summed E-state index contributed by atoms with van der Waals surface area (Å²) in [5.41, 5.74) is 0.227. The van der Waals surface area contributed by atoms with E-state index in [4.69, 9.17) is 4.74 Å². The van der Waals surface area contributed by atoms with Gasteiger partial charge in [-0.1, -0.05) is 12.1 Å². The molecule has 3 atom stereocenters. The molecule has 1 aromatic rings. The lowest BCUT2D eigenvalue weighted by molar-refractivity contribution is -0.384. The number of amides is 2. The van der Waals surface area contributed by atoms with Crippen molar-refractivity contribution in [2.75, 3.05) is 14.2 Å². The van der Waals surface area contributed by atoms with Crippen molar-refractivity contribution in [3.8, 4) is 0 Å². The van der Waals surface area contributed by atoms with Gasteiger partial charge >= 0.3 is 11.9 Å². The fourth-order valence-corrected chi connectivity index (χ4v) is 3.05. The molecule has 0 aliphatic carbocycles. The highest BCUT2D eigenvalue weighted by molar-refractivity contribution is 5.93. The summed E-state index contributed by atoms with van der Waals surface area (Å²) in [6.07, 6.45) is 0.179. The minimum absolute atomic E-state index is 0.169. The normalized spacial score (nSPS) is 17.6. The average Bonchev–Trinajstić information content (AvgIpc) is 3.16. The summed E-state index contributed by atoms with van der Waals surface area (Å²) < 4.78 is 9.45. The van der Waals surface area contributed by atoms with Gasteiger partial charge in [0.25, 0.3) is 5.69 Å². The molecule has 0 bridgehead atoms. The summed E-state index contributed by atoms with van der Waals surface area (Å²) >= 11 is 0. The number of non-ortho nitro benzene ring substituents is 1. The third-order valence-electron chi connectivity index (χ3n) is 4.61. The maximum Gasteiger partial charge on any atom is 0.329 e. The summed E-state index contributed by atoms with van der Waals surface area (Å²) in [7, 11) is 2.30. The number of nitrogens with one attached hydrogen (secondary N) is 2. The standard InChI is InChI=1S/C18H21N3O8/c1-28-15(23)9-12(10-3-5-11(6-4-10)21(26)27)16(18(25)29-2)20-17(24)13-7-8-14(22)19-13/h3-6,12-13,16H,7-9H2,1-2H3,(H,19,22)(H,20,24)/t12-,13+,16-/m1/s1. The number of nitro groups is 1. The number of hydrogen-bond donors (Lipinski definition) is 2. The lowest BCUT2D eigenvalue weighted by Crippen LogP contribution is -2.51. The van der Waals surface area contributed by atoms with Crippen LogP contribution in [0.3, 0.4) is 0 Å². The molecule has 11 heteroatoms. The molecule has 29 heavy (non-hydrogen) atoms. The van der Waals surface area contributed by atoms with Crippen molar-refractivity contribution >= 4 is 29.4 Å². The number of esters is 2. The number of ether oxygens (including phenoxy) is 2. The van der Waals surface area contributed by atoms with Crippen molar-refractivity contribution in [2.45, 2.75) is 37.3 Å². The fraction of sp³-hybridized carbons (Fsp3) is 0.444. The van der Waals surface area contributed by atoms with Crippen LogP contribution in [0.15, 0.2) is 24.3 Å². The molecule has 1 fully saturated rings. The van der Waals surface area contributed by atoms with Gasteiger partial charge in [0.05, 0.1) is 25.6 Å². The second-order valence-electron chi connectivity index (χ2n) is 6.40. The Morgan fingerprint density at radius 3 is 2.38 bits per heavy atom. The summed E-state index contributed by atoms with van der Waals surface area (Å²) in [6.45, 7) is 0. The molecule has 0 spiro atoms. The summed E-state index contributed by atoms with van der Waals surface area (Å²) in [6, 6.07) is 3.17. The van der Waals surface area contributed by atoms with Crippen LogP contribution in [-0.2, 0) is 28.7 Å². The van der Waals surface area contributed by atoms with Crippen molar-refractivity contribution in [1.29, 1.82) is 0 Å². The average molecular weight is 407 g/mol. The maximum absolute atomic E-state index is 12.5. The third kappa shape index (κ3) is 5.50. The van der Waals surface area contributed by atoms with Gasteiger partial charge in [0, 0.05) is 24.5 Å². The van der Waals surface area contributed by atoms with E-state index in [1.807, 2.05) is 0 Å². The quantitative estimate of drug-likeness (QED) is 0.351. The number of carbonyl (C=O) groups excluding carboxylic acids is 4. The van der Waals surface area contributed by atoms with Crippen LogP contribution in [-0.4, -0.2) is 55.0 Å². The molecule has 2 rings (SSSR count). The van der Waals surface area contributed by atoms with Crippen molar-refractivity contribution in [3.05, 3.63) is 39.9 Å². The second-order valence-corrected chi connectivity index (χ2v) is 6.40. The topological polar surface area (TPSA) is 154 Å². The first-order valence-corrected chi connectivity index (χ1v) is 8.75. The predicted molar refractivity (Wildman–Crippen MR) is 97.6 cm³/mol. The van der Waals surface area contributed by atoms with Gasteiger partial charge in [-0.15, -0.1) is 0 Å². The predicted octanol–water partition coefficient (Wildman–Crippen LogP) is 0.178. The summed E-state index contributed by atoms with van der Waals surface area (Å²) in [4.78, 5) is 58.5. The lowest BCUT2D eigenvalue weighted by Gasteiger charge is -2.27. The first kappa shape index (κ1) is 21.8. The number of methoxy groups -OCH3 is 2. The van der Waals surface area contributed by atoms with E-state index < -0.39 is 40.8 Å². The number of carbonyl (C=O) groups is 4. The zero-order valence-electron chi connectivity index (χ0n) is 15.9. The molecule has 1 heterocycles. The Hall–Kier alpha value is -3.50. The highest BCUT2D eigenvalue weighted by atomic mass is 16.6. The minimum atomic E-state index is -1.27. The molecule has 0 saturated carbocycles. The van der Waals surface area contributed by atoms with E-state index in [1.54, 1.807) is 0 Å². The first-order chi connectivity index (χ1) is 13.8. The Morgan fingerprint density at radius 1 is 1.24 bits per heavy atom. The van der Waals surface area contributed by atoms with E-state index in [-0.39, 0.29) is 30.9 Å². The van der Waals surface area contributed by atoms with Gasteiger partial charge in [-0.2, -0.15) is 0 Å². The van der Waals surface area contributed by atoms with Gasteiger partial charge in [0.2, 0.25) is 11.8 Å². The molecule has 2 N–H and O–H groups in total. The van der Waals surface area contributed by atoms with Crippen LogP contribution in [0.5, 0.6) is 0 Å². The van der Waals surface area contributed by atoms with Crippen LogP contribution in [0.25, 0.3) is 0 Å². The highest BCUT2D eigenvalue weighted by Crippen LogP contribution is 2.27. The van der Waals surface area contributed by atoms with E-state index in [9.17, 15) is 29.3 Å². The summed E-state index contributed by atoms with van der Waals surface area (Å²) in [5.74, 6) is -3.23. The molecule has 2 amide bonds. The minimum Gasteiger partial charge on any atom is -0.469 e. The smallest absolute Gasteiger partial charge is 0.329 e. The monoisotopic (exact) mass is 407 g/mol. The zero-order valence-corrected chi connectivity index (χ0v) is 15.9. The van der Waals surface area contributed by atoms with Crippen LogP contribution in [0.2, 0.25) is 0 Å². The van der Waals surface area contributed by atoms with Crippen LogP contribution >= 0.6 is 0 Å². The van der Waals surface area contributed by atoms with Crippen molar-refractivity contribution in [2.24, 2.45) is 0 Å². The zero-order chi connectivity index (χ0) is 21.6. The molecule has 156 valence electrons. The molecular weight excluding hydrogens is 386 g/mol. The first-order valence-electron chi connectivity index (χ1n) is 8.75. The third-order valence-corrected chi connectivity index (χ3v) is 4.61. The maximum atomic E-state index is 12.5. The Bertz CT molecular complexity index is 808. The van der Waals surface area contributed by atoms with Crippen LogP contribution in [0, 0.1) is 10.1 Å². The summed E-state index contributed by atoms with van der Waals surface area (Å²) in [5, 5.41) is 15.9. The van der Waals surface area contributed by atoms with Gasteiger partial charge < -0.3 is 20.1 Å². The van der Waals surface area contributed by atoms with Crippen molar-refractivity contribution in [3.63, 3.8) is 0 Å². The molecule has 0 radical (unpaired) electrons. The van der Waals surface area contributed by atoms with Crippen molar-refractivity contribution < 1.29 is 33.6 Å². The molecule has 1 aliphatic heterocycles. The largest absolute Gasteiger partial charge is 0.469 e. The number of hydrogen-bond acceptors (Lipinski definition) is 8. The molecule has 11 nitrogen and oxygen atoms in total. The van der Waals surface area contributed by atoms with Gasteiger partial charge in [0.1, 0.15) is 12.1 Å². The highest BCUT2D eigenvalue weighted by Gasteiger charge is 2.37. The van der Waals surface area contributed by atoms with Gasteiger partial charge in [0.15, 0.2) is 0 Å². The molecule has 0 unspecified atom stereocenters. The Balaban J connectivity index is 2.34. The van der Waals surface area contributed by atoms with Crippen LogP contribution in [0.1, 0.15) is 30.7 Å². The Kier molecular flexibility index (Phi) is 7.23. The SMILES string of the molecule is COC(=O)C[C@H](c1ccc([N+](=O)[O-])cc1)[C@@H](NC(=O)[C@@H]1CCC(=O)N1)C(=O)OC. The number of nitro benzene ring substituents is 1. The van der Waals surface area contributed by atoms with E-state index >= 15 is 0 Å². The molecule has 1 saturated heterocycles. The Morgan fingerprint density at radius 2 is 1.90 bits per heavy atom. The lowest BCUT2D eigenvalue weighted by atomic mass is 9.88. The van der Waals surface area contributed by atoms with E-state index in [0.29, 0.717) is 5.56 Å². The van der Waals surface area contributed by atoms with E-state index in [0.717, 1.165) is 7.11 Å².